The van der Waals surface area contributed by atoms with Crippen LogP contribution in [-0.4, -0.2) is 12.4 Å². The zero-order chi connectivity index (χ0) is 9.97. The second-order valence-corrected chi connectivity index (χ2v) is 3.23. The van der Waals surface area contributed by atoms with Crippen LogP contribution in [0.4, 0.5) is 0 Å². The number of benzene rings is 1. The zero-order valence-electron chi connectivity index (χ0n) is 7.75. The Balaban J connectivity index is 2.29. The maximum Gasteiger partial charge on any atom is 0.174 e. The molecule has 1 heterocycles. The fraction of sp³-hybridized carbons (Fsp3) is 0.250. The van der Waals surface area contributed by atoms with Gasteiger partial charge in [0.25, 0.3) is 0 Å². The number of fused-ring (bicyclic) bond motifs is 1. The van der Waals surface area contributed by atoms with E-state index < -0.39 is 0 Å². The molecule has 14 heavy (non-hydrogen) atoms. The minimum atomic E-state index is 0.00204. The molecule has 0 atom stereocenters. The quantitative estimate of drug-likeness (QED) is 0.520. The van der Waals surface area contributed by atoms with Crippen LogP contribution >= 0.6 is 0 Å². The highest BCUT2D eigenvalue weighted by atomic mass is 16.5. The Labute approximate surface area is 82.9 Å². The first-order chi connectivity index (χ1) is 6.81. The van der Waals surface area contributed by atoms with Crippen molar-refractivity contribution in [2.24, 2.45) is 0 Å². The van der Waals surface area contributed by atoms with E-state index in [0.717, 1.165) is 17.7 Å². The first-order valence-corrected chi connectivity index (χ1v) is 4.53. The molecule has 1 aromatic carbocycles. The molecule has 1 aliphatic rings. The van der Waals surface area contributed by atoms with Crippen LogP contribution < -0.4 is 4.74 Å². The predicted octanol–water partition coefficient (Wildman–Crippen LogP) is 1.83. The number of terminal acetylenes is 1. The highest BCUT2D eigenvalue weighted by molar-refractivity contribution is 5.97. The Morgan fingerprint density at radius 1 is 1.57 bits per heavy atom. The molecule has 2 nitrogen and oxygen atoms in total. The standard InChI is InChI=1S/C12H10O2/c1-2-3-11(13)9-4-5-12-10(8-9)6-7-14-12/h1,4-5,8H,3,6-7H2. The van der Waals surface area contributed by atoms with Crippen LogP contribution in [0, 0.1) is 12.3 Å². The van der Waals surface area contributed by atoms with Crippen molar-refractivity contribution in [1.29, 1.82) is 0 Å². The molecule has 0 aromatic heterocycles. The molecule has 0 unspecified atom stereocenters. The Morgan fingerprint density at radius 3 is 3.21 bits per heavy atom. The molecule has 0 radical (unpaired) electrons. The average Bonchev–Trinajstić information content (AvgIpc) is 2.64. The van der Waals surface area contributed by atoms with Crippen molar-refractivity contribution in [3.8, 4) is 18.1 Å². The third-order valence-electron chi connectivity index (χ3n) is 2.27. The van der Waals surface area contributed by atoms with Crippen molar-refractivity contribution in [3.63, 3.8) is 0 Å². The van der Waals surface area contributed by atoms with E-state index in [-0.39, 0.29) is 12.2 Å². The van der Waals surface area contributed by atoms with Gasteiger partial charge in [0.15, 0.2) is 5.78 Å². The van der Waals surface area contributed by atoms with Crippen LogP contribution in [0.25, 0.3) is 0 Å². The molecule has 1 aromatic rings. The Bertz CT molecular complexity index is 413. The van der Waals surface area contributed by atoms with Gasteiger partial charge in [0.05, 0.1) is 13.0 Å². The normalized spacial score (nSPS) is 12.8. The number of carbonyl (C=O) groups excluding carboxylic acids is 1. The van der Waals surface area contributed by atoms with E-state index >= 15 is 0 Å². The lowest BCUT2D eigenvalue weighted by molar-refractivity contribution is 0.0998. The van der Waals surface area contributed by atoms with E-state index in [4.69, 9.17) is 11.2 Å². The molecule has 2 rings (SSSR count). The molecule has 1 aliphatic heterocycles. The van der Waals surface area contributed by atoms with Gasteiger partial charge in [-0.25, -0.2) is 0 Å². The summed E-state index contributed by atoms with van der Waals surface area (Å²) in [6, 6.07) is 5.48. The van der Waals surface area contributed by atoms with E-state index in [2.05, 4.69) is 5.92 Å². The van der Waals surface area contributed by atoms with Gasteiger partial charge in [-0.2, -0.15) is 0 Å². The predicted molar refractivity (Wildman–Crippen MR) is 53.4 cm³/mol. The second kappa shape index (κ2) is 3.55. The van der Waals surface area contributed by atoms with Gasteiger partial charge in [-0.3, -0.25) is 4.79 Å². The molecule has 0 N–H and O–H groups in total. The van der Waals surface area contributed by atoms with Crippen molar-refractivity contribution in [3.05, 3.63) is 29.3 Å². The molecule has 70 valence electrons. The first-order valence-electron chi connectivity index (χ1n) is 4.53. The topological polar surface area (TPSA) is 26.3 Å². The minimum Gasteiger partial charge on any atom is -0.493 e. The van der Waals surface area contributed by atoms with Gasteiger partial charge in [0.2, 0.25) is 0 Å². The van der Waals surface area contributed by atoms with Crippen molar-refractivity contribution in [2.75, 3.05) is 6.61 Å². The van der Waals surface area contributed by atoms with E-state index in [1.165, 1.54) is 0 Å². The summed E-state index contributed by atoms with van der Waals surface area (Å²) < 4.78 is 5.34. The summed E-state index contributed by atoms with van der Waals surface area (Å²) in [6.45, 7) is 0.710. The smallest absolute Gasteiger partial charge is 0.174 e. The van der Waals surface area contributed by atoms with Crippen molar-refractivity contribution >= 4 is 5.78 Å². The molecule has 0 bridgehead atoms. The second-order valence-electron chi connectivity index (χ2n) is 3.23. The largest absolute Gasteiger partial charge is 0.493 e. The number of hydrogen-bond donors (Lipinski definition) is 0. The average molecular weight is 186 g/mol. The molecule has 0 spiro atoms. The van der Waals surface area contributed by atoms with Gasteiger partial charge in [-0.1, -0.05) is 5.92 Å². The first kappa shape index (κ1) is 8.83. The fourth-order valence-corrected chi connectivity index (χ4v) is 1.55. The van der Waals surface area contributed by atoms with Gasteiger partial charge >= 0.3 is 0 Å². The molecule has 0 saturated heterocycles. The number of rotatable bonds is 2. The summed E-state index contributed by atoms with van der Waals surface area (Å²) in [5, 5.41) is 0. The third kappa shape index (κ3) is 1.49. The van der Waals surface area contributed by atoms with Crippen molar-refractivity contribution in [1.82, 2.24) is 0 Å². The number of hydrogen-bond acceptors (Lipinski definition) is 2. The summed E-state index contributed by atoms with van der Waals surface area (Å²) in [5.74, 6) is 3.25. The van der Waals surface area contributed by atoms with E-state index in [0.29, 0.717) is 12.2 Å². The van der Waals surface area contributed by atoms with Crippen LogP contribution in [0.3, 0.4) is 0 Å². The van der Waals surface area contributed by atoms with Gasteiger partial charge in [-0.15, -0.1) is 6.42 Å². The molecule has 2 heteroatoms. The summed E-state index contributed by atoms with van der Waals surface area (Å²) in [5.41, 5.74) is 1.79. The molecular formula is C12H10O2. The summed E-state index contributed by atoms with van der Waals surface area (Å²) in [7, 11) is 0. The maximum atomic E-state index is 11.5. The Morgan fingerprint density at radius 2 is 2.43 bits per heavy atom. The van der Waals surface area contributed by atoms with Gasteiger partial charge in [0, 0.05) is 12.0 Å². The summed E-state index contributed by atoms with van der Waals surface area (Å²) in [4.78, 5) is 11.5. The fourth-order valence-electron chi connectivity index (χ4n) is 1.55. The van der Waals surface area contributed by atoms with Crippen LogP contribution in [0.5, 0.6) is 5.75 Å². The van der Waals surface area contributed by atoms with Crippen LogP contribution in [0.2, 0.25) is 0 Å². The summed E-state index contributed by atoms with van der Waals surface area (Å²) >= 11 is 0. The summed E-state index contributed by atoms with van der Waals surface area (Å²) in [6.07, 6.45) is 6.13. The molecule has 0 fully saturated rings. The Hall–Kier alpha value is -1.75. The van der Waals surface area contributed by atoms with Crippen molar-refractivity contribution in [2.45, 2.75) is 12.8 Å². The molecule has 0 saturated carbocycles. The highest BCUT2D eigenvalue weighted by Gasteiger charge is 2.14. The van der Waals surface area contributed by atoms with E-state index in [1.54, 1.807) is 6.07 Å². The number of carbonyl (C=O) groups is 1. The molecular weight excluding hydrogens is 176 g/mol. The van der Waals surface area contributed by atoms with Crippen LogP contribution in [-0.2, 0) is 6.42 Å². The SMILES string of the molecule is C#CCC(=O)c1ccc2c(c1)CCO2. The molecule has 0 amide bonds. The number of ether oxygens (including phenoxy) is 1. The third-order valence-corrected chi connectivity index (χ3v) is 2.27. The van der Waals surface area contributed by atoms with Crippen LogP contribution in [0.1, 0.15) is 22.3 Å². The monoisotopic (exact) mass is 186 g/mol. The van der Waals surface area contributed by atoms with Gasteiger partial charge < -0.3 is 4.74 Å². The maximum absolute atomic E-state index is 11.5. The number of Topliss-reactive ketones (excluding diaryl/α,β-unsaturated/α-hetero) is 1. The van der Waals surface area contributed by atoms with E-state index in [1.807, 2.05) is 12.1 Å². The zero-order valence-corrected chi connectivity index (χ0v) is 7.75. The molecule has 0 aliphatic carbocycles. The number of ketones is 1. The van der Waals surface area contributed by atoms with Crippen molar-refractivity contribution < 1.29 is 9.53 Å². The minimum absolute atomic E-state index is 0.00204. The lowest BCUT2D eigenvalue weighted by Crippen LogP contribution is -1.97. The van der Waals surface area contributed by atoms with Crippen LogP contribution in [0.15, 0.2) is 18.2 Å². The lowest BCUT2D eigenvalue weighted by atomic mass is 10.0. The lowest BCUT2D eigenvalue weighted by Gasteiger charge is -2.01. The Kier molecular flexibility index (Phi) is 2.24. The highest BCUT2D eigenvalue weighted by Crippen LogP contribution is 2.26. The van der Waals surface area contributed by atoms with E-state index in [9.17, 15) is 4.79 Å². The van der Waals surface area contributed by atoms with Gasteiger partial charge in [-0.05, 0) is 23.8 Å². The van der Waals surface area contributed by atoms with Gasteiger partial charge in [0.1, 0.15) is 5.75 Å².